The van der Waals surface area contributed by atoms with Crippen molar-refractivity contribution >= 4 is 5.96 Å². The van der Waals surface area contributed by atoms with Crippen LogP contribution in [-0.2, 0) is 11.3 Å². The van der Waals surface area contributed by atoms with Gasteiger partial charge >= 0.3 is 0 Å². The van der Waals surface area contributed by atoms with Crippen molar-refractivity contribution in [3.63, 3.8) is 0 Å². The van der Waals surface area contributed by atoms with Gasteiger partial charge in [-0.2, -0.15) is 0 Å². The predicted molar refractivity (Wildman–Crippen MR) is 115 cm³/mol. The summed E-state index contributed by atoms with van der Waals surface area (Å²) < 4.78 is 11.0. The largest absolute Gasteiger partial charge is 0.491 e. The van der Waals surface area contributed by atoms with E-state index < -0.39 is 0 Å². The van der Waals surface area contributed by atoms with Gasteiger partial charge in [-0.25, -0.2) is 4.99 Å². The Labute approximate surface area is 170 Å². The topological polar surface area (TPSA) is 61.4 Å². The number of hydrogen-bond donors (Lipinski definition) is 2. The van der Waals surface area contributed by atoms with Crippen molar-refractivity contribution in [1.82, 2.24) is 20.4 Å². The number of aryl methyl sites for hydroxylation is 1. The van der Waals surface area contributed by atoms with Gasteiger partial charge in [0.2, 0.25) is 0 Å². The summed E-state index contributed by atoms with van der Waals surface area (Å²) in [6, 6.07) is 6.73. The molecule has 1 aliphatic rings. The highest BCUT2D eigenvalue weighted by Gasteiger charge is 2.22. The quantitative estimate of drug-likeness (QED) is 0.376. The molecule has 1 fully saturated rings. The summed E-state index contributed by atoms with van der Waals surface area (Å²) in [5, 5.41) is 6.85. The third kappa shape index (κ3) is 7.30. The standard InChI is InChI=1S/C21H37N5O2/c1-6-22-21(24-15-19-16-25(3)9-10-26(19)4)23-14-18-8-7-17(2)13-20(18)28-12-11-27-5/h7-8,13,19H,6,9-12,14-16H2,1-5H3,(H2,22,23,24). The molecule has 1 heterocycles. The molecule has 1 aliphatic heterocycles. The maximum atomic E-state index is 5.88. The average molecular weight is 392 g/mol. The van der Waals surface area contributed by atoms with Crippen molar-refractivity contribution in [2.24, 2.45) is 4.99 Å². The van der Waals surface area contributed by atoms with Crippen LogP contribution in [0.5, 0.6) is 5.75 Å². The van der Waals surface area contributed by atoms with E-state index in [2.05, 4.69) is 66.6 Å². The van der Waals surface area contributed by atoms with Crippen molar-refractivity contribution in [3.8, 4) is 5.75 Å². The van der Waals surface area contributed by atoms with Crippen LogP contribution in [0.4, 0.5) is 0 Å². The van der Waals surface area contributed by atoms with Crippen LogP contribution < -0.4 is 15.4 Å². The van der Waals surface area contributed by atoms with Crippen molar-refractivity contribution in [3.05, 3.63) is 29.3 Å². The molecule has 1 saturated heterocycles. The van der Waals surface area contributed by atoms with Crippen molar-refractivity contribution in [2.75, 3.05) is 67.1 Å². The second-order valence-corrected chi connectivity index (χ2v) is 7.43. The smallest absolute Gasteiger partial charge is 0.191 e. The van der Waals surface area contributed by atoms with Crippen molar-refractivity contribution < 1.29 is 9.47 Å². The Morgan fingerprint density at radius 3 is 2.79 bits per heavy atom. The summed E-state index contributed by atoms with van der Waals surface area (Å²) in [6.45, 7) is 10.8. The fourth-order valence-corrected chi connectivity index (χ4v) is 3.20. The Bertz CT molecular complexity index is 623. The fraction of sp³-hybridized carbons (Fsp3) is 0.667. The molecule has 7 nitrogen and oxygen atoms in total. The molecule has 0 radical (unpaired) electrons. The molecule has 0 bridgehead atoms. The van der Waals surface area contributed by atoms with E-state index in [0.717, 1.165) is 50.0 Å². The second kappa shape index (κ2) is 11.9. The minimum atomic E-state index is 0.481. The molecular weight excluding hydrogens is 354 g/mol. The monoisotopic (exact) mass is 391 g/mol. The molecule has 28 heavy (non-hydrogen) atoms. The lowest BCUT2D eigenvalue weighted by Crippen LogP contribution is -2.55. The van der Waals surface area contributed by atoms with Crippen LogP contribution in [0.2, 0.25) is 0 Å². The van der Waals surface area contributed by atoms with E-state index in [-0.39, 0.29) is 0 Å². The maximum absolute atomic E-state index is 5.88. The third-order valence-corrected chi connectivity index (χ3v) is 5.00. The minimum Gasteiger partial charge on any atom is -0.491 e. The van der Waals surface area contributed by atoms with Crippen molar-refractivity contribution in [1.29, 1.82) is 0 Å². The first-order chi connectivity index (χ1) is 13.5. The van der Waals surface area contributed by atoms with Crippen molar-refractivity contribution in [2.45, 2.75) is 26.4 Å². The number of ether oxygens (including phenoxy) is 2. The van der Waals surface area contributed by atoms with E-state index in [1.807, 2.05) is 0 Å². The molecule has 1 aromatic rings. The number of piperazine rings is 1. The molecule has 7 heteroatoms. The van der Waals surface area contributed by atoms with Crippen LogP contribution in [0.3, 0.4) is 0 Å². The summed E-state index contributed by atoms with van der Waals surface area (Å²) in [5.41, 5.74) is 2.25. The molecule has 2 rings (SSSR count). The predicted octanol–water partition coefficient (Wildman–Crippen LogP) is 1.32. The summed E-state index contributed by atoms with van der Waals surface area (Å²) in [5.74, 6) is 1.72. The van der Waals surface area contributed by atoms with Crippen LogP contribution in [0.1, 0.15) is 18.1 Å². The van der Waals surface area contributed by atoms with E-state index in [1.54, 1.807) is 7.11 Å². The zero-order valence-electron chi connectivity index (χ0n) is 18.1. The van der Waals surface area contributed by atoms with Gasteiger partial charge in [-0.1, -0.05) is 12.1 Å². The molecule has 2 N–H and O–H groups in total. The zero-order chi connectivity index (χ0) is 20.4. The summed E-state index contributed by atoms with van der Waals surface area (Å²) >= 11 is 0. The van der Waals surface area contributed by atoms with E-state index >= 15 is 0 Å². The molecule has 1 aromatic carbocycles. The van der Waals surface area contributed by atoms with Gasteiger partial charge in [0.25, 0.3) is 0 Å². The summed E-state index contributed by atoms with van der Waals surface area (Å²) in [7, 11) is 6.06. The summed E-state index contributed by atoms with van der Waals surface area (Å²) in [4.78, 5) is 9.58. The van der Waals surface area contributed by atoms with Gasteiger partial charge in [0.15, 0.2) is 5.96 Å². The Balaban J connectivity index is 1.99. The minimum absolute atomic E-state index is 0.481. The first-order valence-corrected chi connectivity index (χ1v) is 10.2. The van der Waals surface area contributed by atoms with Crippen LogP contribution in [0.15, 0.2) is 23.2 Å². The molecule has 1 atom stereocenters. The van der Waals surface area contributed by atoms with Gasteiger partial charge in [-0.15, -0.1) is 0 Å². The molecular formula is C21H37N5O2. The number of nitrogens with one attached hydrogen (secondary N) is 2. The molecule has 0 aliphatic carbocycles. The van der Waals surface area contributed by atoms with Gasteiger partial charge in [0.1, 0.15) is 12.4 Å². The molecule has 0 spiro atoms. The molecule has 158 valence electrons. The van der Waals surface area contributed by atoms with Gasteiger partial charge in [0.05, 0.1) is 13.2 Å². The fourth-order valence-electron chi connectivity index (χ4n) is 3.20. The highest BCUT2D eigenvalue weighted by molar-refractivity contribution is 5.79. The number of aliphatic imine (C=N–C) groups is 1. The van der Waals surface area contributed by atoms with Crippen LogP contribution in [0.25, 0.3) is 0 Å². The second-order valence-electron chi connectivity index (χ2n) is 7.43. The molecule has 0 saturated carbocycles. The Morgan fingerprint density at radius 1 is 1.21 bits per heavy atom. The number of benzene rings is 1. The third-order valence-electron chi connectivity index (χ3n) is 5.00. The first kappa shape index (κ1) is 22.5. The van der Waals surface area contributed by atoms with E-state index in [0.29, 0.717) is 25.8 Å². The van der Waals surface area contributed by atoms with Gasteiger partial charge in [-0.05, 0) is 39.6 Å². The summed E-state index contributed by atoms with van der Waals surface area (Å²) in [6.07, 6.45) is 0. The number of rotatable bonds is 9. The lowest BCUT2D eigenvalue weighted by Gasteiger charge is -2.37. The SMILES string of the molecule is CCNC(=NCc1ccc(C)cc1OCCOC)NCC1CN(C)CCN1C. The van der Waals surface area contributed by atoms with Gasteiger partial charge in [0, 0.05) is 51.4 Å². The number of methoxy groups -OCH3 is 1. The van der Waals surface area contributed by atoms with E-state index in [4.69, 9.17) is 14.5 Å². The molecule has 0 aromatic heterocycles. The van der Waals surface area contributed by atoms with Gasteiger partial charge in [-0.3, -0.25) is 4.90 Å². The van der Waals surface area contributed by atoms with Crippen LogP contribution in [0, 0.1) is 6.92 Å². The highest BCUT2D eigenvalue weighted by atomic mass is 16.5. The Kier molecular flexibility index (Phi) is 9.54. The van der Waals surface area contributed by atoms with Gasteiger partial charge < -0.3 is 25.0 Å². The average Bonchev–Trinajstić information content (AvgIpc) is 2.67. The lowest BCUT2D eigenvalue weighted by molar-refractivity contribution is 0.116. The Hall–Kier alpha value is -1.83. The van der Waals surface area contributed by atoms with Crippen LogP contribution >= 0.6 is 0 Å². The maximum Gasteiger partial charge on any atom is 0.191 e. The normalized spacial score (nSPS) is 18.9. The molecule has 1 unspecified atom stereocenters. The Morgan fingerprint density at radius 2 is 2.04 bits per heavy atom. The zero-order valence-corrected chi connectivity index (χ0v) is 18.1. The highest BCUT2D eigenvalue weighted by Crippen LogP contribution is 2.21. The number of likely N-dealkylation sites (N-methyl/N-ethyl adjacent to an activating group) is 2. The first-order valence-electron chi connectivity index (χ1n) is 10.2. The van der Waals surface area contributed by atoms with E-state index in [9.17, 15) is 0 Å². The number of hydrogen-bond acceptors (Lipinski definition) is 5. The van der Waals surface area contributed by atoms with E-state index in [1.165, 1.54) is 5.56 Å². The molecule has 0 amide bonds. The number of nitrogens with zero attached hydrogens (tertiary/aromatic N) is 3. The number of guanidine groups is 1. The van der Waals surface area contributed by atoms with Crippen LogP contribution in [-0.4, -0.2) is 88.9 Å². The lowest BCUT2D eigenvalue weighted by atomic mass is 10.1.